The number of aromatic nitrogens is 1. The number of halogens is 4. The predicted molar refractivity (Wildman–Crippen MR) is 135 cm³/mol. The fourth-order valence-corrected chi connectivity index (χ4v) is 5.40. The van der Waals surface area contributed by atoms with E-state index in [1.165, 1.54) is 12.3 Å². The molecule has 0 bridgehead atoms. The maximum absolute atomic E-state index is 13.4. The van der Waals surface area contributed by atoms with E-state index in [4.69, 9.17) is 23.2 Å². The molecule has 1 fully saturated rings. The fraction of sp³-hybridized carbons (Fsp3) is 0.259. The van der Waals surface area contributed by atoms with Gasteiger partial charge in [0.2, 0.25) is 0 Å². The third-order valence-electron chi connectivity index (χ3n) is 6.93. The summed E-state index contributed by atoms with van der Waals surface area (Å²) in [7, 11) is 0. The molecule has 0 N–H and O–H groups in total. The Morgan fingerprint density at radius 1 is 1.03 bits per heavy atom. The number of pyridine rings is 1. The molecule has 3 heterocycles. The first-order valence-electron chi connectivity index (χ1n) is 11.4. The van der Waals surface area contributed by atoms with E-state index in [1.54, 1.807) is 24.3 Å². The summed E-state index contributed by atoms with van der Waals surface area (Å²) >= 11 is 12.4. The number of benzene rings is 2. The van der Waals surface area contributed by atoms with Gasteiger partial charge in [-0.1, -0.05) is 41.4 Å². The second-order valence-corrected chi connectivity index (χ2v) is 9.90. The van der Waals surface area contributed by atoms with Gasteiger partial charge in [-0.15, -0.1) is 0 Å². The molecule has 0 radical (unpaired) electrons. The van der Waals surface area contributed by atoms with Crippen LogP contribution in [0.25, 0.3) is 6.08 Å². The highest BCUT2D eigenvalue weighted by Crippen LogP contribution is 2.48. The zero-order valence-electron chi connectivity index (χ0n) is 18.9. The largest absolute Gasteiger partial charge is 0.307 e. The van der Waals surface area contributed by atoms with Crippen LogP contribution in [0.15, 0.2) is 60.8 Å². The lowest BCUT2D eigenvalue weighted by Gasteiger charge is -2.39. The molecule has 8 heteroatoms. The number of piperidine rings is 1. The Labute approximate surface area is 212 Å². The van der Waals surface area contributed by atoms with Crippen molar-refractivity contribution in [3.05, 3.63) is 99.3 Å². The molecular weight excluding hydrogens is 491 g/mol. The van der Waals surface area contributed by atoms with Crippen LogP contribution in [0.4, 0.5) is 14.5 Å². The Bertz CT molecular complexity index is 1310. The van der Waals surface area contributed by atoms with E-state index >= 15 is 0 Å². The number of hydrogen-bond donors (Lipinski definition) is 0. The molecule has 1 aromatic heterocycles. The van der Waals surface area contributed by atoms with Gasteiger partial charge in [0.1, 0.15) is 5.15 Å². The number of carbonyl (C=O) groups excluding carboxylic acids is 1. The van der Waals surface area contributed by atoms with Gasteiger partial charge < -0.3 is 4.90 Å². The summed E-state index contributed by atoms with van der Waals surface area (Å²) in [5.41, 5.74) is 2.95. The van der Waals surface area contributed by atoms with Crippen molar-refractivity contribution >= 4 is 40.9 Å². The minimum atomic E-state index is -0.848. The molecule has 35 heavy (non-hydrogen) atoms. The summed E-state index contributed by atoms with van der Waals surface area (Å²) in [6.45, 7) is 2.98. The molecule has 0 atom stereocenters. The van der Waals surface area contributed by atoms with Crippen LogP contribution in [0.3, 0.4) is 0 Å². The second-order valence-electron chi connectivity index (χ2n) is 9.08. The summed E-state index contributed by atoms with van der Waals surface area (Å²) in [5, 5.41) is 0.937. The smallest absolute Gasteiger partial charge is 0.258 e. The van der Waals surface area contributed by atoms with E-state index in [2.05, 4.69) is 9.88 Å². The molecule has 0 saturated carbocycles. The fourth-order valence-electron chi connectivity index (χ4n) is 5.06. The van der Waals surface area contributed by atoms with Crippen LogP contribution >= 0.6 is 23.2 Å². The van der Waals surface area contributed by atoms with Gasteiger partial charge in [-0.2, -0.15) is 0 Å². The average Bonchev–Trinajstić information content (AvgIpc) is 3.15. The van der Waals surface area contributed by atoms with Crippen molar-refractivity contribution in [2.75, 3.05) is 31.1 Å². The molecule has 2 aliphatic rings. The Hall–Kier alpha value is -2.80. The minimum absolute atomic E-state index is 0.105. The van der Waals surface area contributed by atoms with Crippen LogP contribution < -0.4 is 4.90 Å². The third kappa shape index (κ3) is 4.83. The zero-order valence-corrected chi connectivity index (χ0v) is 20.4. The molecule has 1 spiro atoms. The molecule has 3 aromatic rings. The first-order chi connectivity index (χ1) is 16.8. The van der Waals surface area contributed by atoms with Crippen molar-refractivity contribution in [1.29, 1.82) is 0 Å². The summed E-state index contributed by atoms with van der Waals surface area (Å²) in [5.74, 6) is -1.80. The summed E-state index contributed by atoms with van der Waals surface area (Å²) in [6.07, 6.45) is 7.06. The van der Waals surface area contributed by atoms with Crippen molar-refractivity contribution in [3.8, 4) is 0 Å². The predicted octanol–water partition coefficient (Wildman–Crippen LogP) is 6.37. The van der Waals surface area contributed by atoms with E-state index in [0.29, 0.717) is 29.2 Å². The van der Waals surface area contributed by atoms with E-state index in [-0.39, 0.29) is 16.5 Å². The highest BCUT2D eigenvalue weighted by atomic mass is 35.5. The van der Waals surface area contributed by atoms with Gasteiger partial charge in [-0.25, -0.2) is 13.8 Å². The quantitative estimate of drug-likeness (QED) is 0.380. The van der Waals surface area contributed by atoms with E-state index in [9.17, 15) is 13.6 Å². The van der Waals surface area contributed by atoms with Gasteiger partial charge in [0.15, 0.2) is 11.6 Å². The van der Waals surface area contributed by atoms with Crippen molar-refractivity contribution in [2.45, 2.75) is 18.3 Å². The molecule has 2 aromatic carbocycles. The van der Waals surface area contributed by atoms with Gasteiger partial charge in [0, 0.05) is 41.0 Å². The molecule has 1 saturated heterocycles. The standard InChI is InChI=1S/C27H23Cl2F2N3O/c28-20-4-6-24-21(16-20)27(17-34(24)26(35)19-7-10-32-25(29)15-19)8-12-33(13-9-27)11-1-2-18-3-5-22(30)23(31)14-18/h1-7,10,14-16H,8-9,11-13,17H2/b2-1+. The number of carbonyl (C=O) groups is 1. The topological polar surface area (TPSA) is 36.4 Å². The van der Waals surface area contributed by atoms with Gasteiger partial charge in [0.05, 0.1) is 0 Å². The van der Waals surface area contributed by atoms with E-state index < -0.39 is 11.6 Å². The number of nitrogens with zero attached hydrogens (tertiary/aromatic N) is 3. The van der Waals surface area contributed by atoms with Gasteiger partial charge in [0.25, 0.3) is 5.91 Å². The third-order valence-corrected chi connectivity index (χ3v) is 7.37. The lowest BCUT2D eigenvalue weighted by Crippen LogP contribution is -2.46. The van der Waals surface area contributed by atoms with Crippen molar-refractivity contribution in [2.24, 2.45) is 0 Å². The number of fused-ring (bicyclic) bond motifs is 2. The van der Waals surface area contributed by atoms with Gasteiger partial charge in [-0.3, -0.25) is 9.69 Å². The van der Waals surface area contributed by atoms with Crippen molar-refractivity contribution < 1.29 is 13.6 Å². The number of rotatable bonds is 4. The molecule has 0 unspecified atom stereocenters. The van der Waals surface area contributed by atoms with E-state index in [1.807, 2.05) is 29.2 Å². The SMILES string of the molecule is O=C(c1ccnc(Cl)c1)N1CC2(CCN(C/C=C/c3ccc(F)c(F)c3)CC2)c2cc(Cl)ccc21. The van der Waals surface area contributed by atoms with Crippen LogP contribution in [0.2, 0.25) is 10.2 Å². The van der Waals surface area contributed by atoms with E-state index in [0.717, 1.165) is 43.2 Å². The van der Waals surface area contributed by atoms with Crippen molar-refractivity contribution in [1.82, 2.24) is 9.88 Å². The average molecular weight is 514 g/mol. The van der Waals surface area contributed by atoms with Gasteiger partial charge in [-0.05, 0) is 79.5 Å². The molecule has 180 valence electrons. The van der Waals surface area contributed by atoms with Crippen LogP contribution in [0.5, 0.6) is 0 Å². The maximum Gasteiger partial charge on any atom is 0.258 e. The van der Waals surface area contributed by atoms with Crippen molar-refractivity contribution in [3.63, 3.8) is 0 Å². The highest BCUT2D eigenvalue weighted by molar-refractivity contribution is 6.31. The Morgan fingerprint density at radius 3 is 2.57 bits per heavy atom. The molecule has 5 rings (SSSR count). The number of likely N-dealkylation sites (tertiary alicyclic amines) is 1. The molecular formula is C27H23Cl2F2N3O. The first-order valence-corrected chi connectivity index (χ1v) is 12.2. The van der Waals surface area contributed by atoms with Crippen LogP contribution in [-0.4, -0.2) is 42.0 Å². The minimum Gasteiger partial charge on any atom is -0.307 e. The van der Waals surface area contributed by atoms with Crippen LogP contribution in [-0.2, 0) is 5.41 Å². The number of amides is 1. The summed E-state index contributed by atoms with van der Waals surface area (Å²) in [4.78, 5) is 21.5. The Morgan fingerprint density at radius 2 is 1.83 bits per heavy atom. The summed E-state index contributed by atoms with van der Waals surface area (Å²) < 4.78 is 26.6. The van der Waals surface area contributed by atoms with Gasteiger partial charge >= 0.3 is 0 Å². The Balaban J connectivity index is 1.31. The Kier molecular flexibility index (Phi) is 6.62. The second kappa shape index (κ2) is 9.69. The first kappa shape index (κ1) is 23.9. The lowest BCUT2D eigenvalue weighted by atomic mass is 9.74. The monoisotopic (exact) mass is 513 g/mol. The summed E-state index contributed by atoms with van der Waals surface area (Å²) in [6, 6.07) is 12.9. The molecule has 0 aliphatic carbocycles. The molecule has 1 amide bonds. The maximum atomic E-state index is 13.4. The normalized spacial score (nSPS) is 17.3. The zero-order chi connectivity index (χ0) is 24.6. The lowest BCUT2D eigenvalue weighted by molar-refractivity contribution is 0.0977. The highest BCUT2D eigenvalue weighted by Gasteiger charge is 2.46. The number of anilines is 1. The van der Waals surface area contributed by atoms with Crippen LogP contribution in [0.1, 0.15) is 34.3 Å². The number of hydrogen-bond acceptors (Lipinski definition) is 3. The molecule has 4 nitrogen and oxygen atoms in total. The van der Waals surface area contributed by atoms with Crippen LogP contribution in [0, 0.1) is 11.6 Å². The molecule has 2 aliphatic heterocycles.